The Morgan fingerprint density at radius 2 is 1.79 bits per heavy atom. The van der Waals surface area contributed by atoms with Crippen LogP contribution in [0.5, 0.6) is 0 Å². The Balaban J connectivity index is 1.40. The highest BCUT2D eigenvalue weighted by Gasteiger charge is 2.38. The van der Waals surface area contributed by atoms with E-state index in [1.165, 1.54) is 6.42 Å². The standard InChI is InChI=1S/C19H25N3O2/c23-17-2-1-11-22(17)16-5-3-15(4-6-16)18(24)21-12-8-19(9-13-21)7-10-20-14-19/h3-6,20H,1-2,7-14H2. The van der Waals surface area contributed by atoms with Gasteiger partial charge in [-0.3, -0.25) is 9.59 Å². The summed E-state index contributed by atoms with van der Waals surface area (Å²) in [7, 11) is 0. The summed E-state index contributed by atoms with van der Waals surface area (Å²) in [4.78, 5) is 28.3. The molecule has 0 atom stereocenters. The molecule has 24 heavy (non-hydrogen) atoms. The fraction of sp³-hybridized carbons (Fsp3) is 0.579. The van der Waals surface area contributed by atoms with Gasteiger partial charge in [-0.2, -0.15) is 0 Å². The van der Waals surface area contributed by atoms with Crippen LogP contribution in [0.3, 0.4) is 0 Å². The highest BCUT2D eigenvalue weighted by atomic mass is 16.2. The zero-order chi connectivity index (χ0) is 16.6. The average Bonchev–Trinajstić information content (AvgIpc) is 3.25. The molecule has 0 saturated carbocycles. The Labute approximate surface area is 143 Å². The largest absolute Gasteiger partial charge is 0.339 e. The Morgan fingerprint density at radius 3 is 2.38 bits per heavy atom. The molecule has 3 heterocycles. The van der Waals surface area contributed by atoms with E-state index in [2.05, 4.69) is 5.32 Å². The molecule has 0 unspecified atom stereocenters. The summed E-state index contributed by atoms with van der Waals surface area (Å²) in [5.74, 6) is 0.302. The van der Waals surface area contributed by atoms with E-state index in [9.17, 15) is 9.59 Å². The van der Waals surface area contributed by atoms with Crippen molar-refractivity contribution in [1.29, 1.82) is 0 Å². The lowest BCUT2D eigenvalue weighted by Gasteiger charge is -2.39. The minimum Gasteiger partial charge on any atom is -0.339 e. The van der Waals surface area contributed by atoms with E-state index in [4.69, 9.17) is 0 Å². The maximum Gasteiger partial charge on any atom is 0.253 e. The number of carbonyl (C=O) groups excluding carboxylic acids is 2. The number of carbonyl (C=O) groups is 2. The number of hydrogen-bond acceptors (Lipinski definition) is 3. The summed E-state index contributed by atoms with van der Waals surface area (Å²) in [5.41, 5.74) is 2.06. The molecule has 0 aromatic heterocycles. The van der Waals surface area contributed by atoms with Crippen molar-refractivity contribution in [2.24, 2.45) is 5.41 Å². The summed E-state index contributed by atoms with van der Waals surface area (Å²) in [6.07, 6.45) is 5.00. The maximum atomic E-state index is 12.7. The number of likely N-dealkylation sites (tertiary alicyclic amines) is 1. The van der Waals surface area contributed by atoms with Gasteiger partial charge in [0.1, 0.15) is 0 Å². The minimum absolute atomic E-state index is 0.120. The predicted molar refractivity (Wildman–Crippen MR) is 93.1 cm³/mol. The summed E-state index contributed by atoms with van der Waals surface area (Å²) >= 11 is 0. The van der Waals surface area contributed by atoms with Crippen LogP contribution in [0.15, 0.2) is 24.3 Å². The Morgan fingerprint density at radius 1 is 1.04 bits per heavy atom. The van der Waals surface area contributed by atoms with Crippen LogP contribution in [-0.2, 0) is 4.79 Å². The topological polar surface area (TPSA) is 52.7 Å². The average molecular weight is 327 g/mol. The van der Waals surface area contributed by atoms with E-state index in [0.717, 1.165) is 63.2 Å². The second-order valence-electron chi connectivity index (χ2n) is 7.41. The van der Waals surface area contributed by atoms with Crippen LogP contribution in [0, 0.1) is 5.41 Å². The molecule has 1 spiro atoms. The van der Waals surface area contributed by atoms with E-state index in [-0.39, 0.29) is 11.8 Å². The highest BCUT2D eigenvalue weighted by Crippen LogP contribution is 2.37. The number of amides is 2. The molecule has 5 heteroatoms. The summed E-state index contributed by atoms with van der Waals surface area (Å²) < 4.78 is 0. The smallest absolute Gasteiger partial charge is 0.253 e. The van der Waals surface area contributed by atoms with Gasteiger partial charge in [-0.25, -0.2) is 0 Å². The lowest BCUT2D eigenvalue weighted by molar-refractivity contribution is -0.117. The molecule has 3 saturated heterocycles. The lowest BCUT2D eigenvalue weighted by Crippen LogP contribution is -2.44. The number of anilines is 1. The molecule has 2 amide bonds. The Bertz CT molecular complexity index is 625. The second kappa shape index (κ2) is 6.20. The van der Waals surface area contributed by atoms with Crippen molar-refractivity contribution >= 4 is 17.5 Å². The van der Waals surface area contributed by atoms with Crippen LogP contribution >= 0.6 is 0 Å². The molecule has 5 nitrogen and oxygen atoms in total. The zero-order valence-electron chi connectivity index (χ0n) is 14.1. The van der Waals surface area contributed by atoms with Crippen LogP contribution in [0.1, 0.15) is 42.5 Å². The van der Waals surface area contributed by atoms with Gasteiger partial charge in [0, 0.05) is 43.9 Å². The molecule has 128 valence electrons. The van der Waals surface area contributed by atoms with Crippen molar-refractivity contribution in [3.8, 4) is 0 Å². The van der Waals surface area contributed by atoms with Crippen molar-refractivity contribution < 1.29 is 9.59 Å². The van der Waals surface area contributed by atoms with E-state index in [1.54, 1.807) is 0 Å². The first-order valence-electron chi connectivity index (χ1n) is 9.07. The molecular weight excluding hydrogens is 302 g/mol. The third-order valence-corrected chi connectivity index (χ3v) is 5.94. The summed E-state index contributed by atoms with van der Waals surface area (Å²) in [5, 5.41) is 3.46. The number of rotatable bonds is 2. The fourth-order valence-corrected chi connectivity index (χ4v) is 4.29. The molecule has 1 N–H and O–H groups in total. The van der Waals surface area contributed by atoms with Gasteiger partial charge in [-0.05, 0) is 61.9 Å². The van der Waals surface area contributed by atoms with Crippen LogP contribution in [-0.4, -0.2) is 49.4 Å². The molecule has 0 radical (unpaired) electrons. The van der Waals surface area contributed by atoms with Gasteiger partial charge >= 0.3 is 0 Å². The molecule has 3 aliphatic heterocycles. The molecule has 1 aromatic carbocycles. The maximum absolute atomic E-state index is 12.7. The van der Waals surface area contributed by atoms with Gasteiger partial charge in [0.15, 0.2) is 0 Å². The molecule has 3 aliphatic rings. The van der Waals surface area contributed by atoms with E-state index in [1.807, 2.05) is 34.1 Å². The van der Waals surface area contributed by atoms with E-state index >= 15 is 0 Å². The van der Waals surface area contributed by atoms with Crippen LogP contribution in [0.25, 0.3) is 0 Å². The van der Waals surface area contributed by atoms with Crippen molar-refractivity contribution in [2.75, 3.05) is 37.6 Å². The SMILES string of the molecule is O=C(c1ccc(N2CCCC2=O)cc1)N1CCC2(CCNC2)CC1. The first-order chi connectivity index (χ1) is 11.7. The number of benzene rings is 1. The predicted octanol–water partition coefficient (Wildman–Crippen LogP) is 2.03. The quantitative estimate of drug-likeness (QED) is 0.904. The summed E-state index contributed by atoms with van der Waals surface area (Å²) in [6.45, 7) is 4.71. The van der Waals surface area contributed by atoms with Gasteiger partial charge in [-0.15, -0.1) is 0 Å². The third kappa shape index (κ3) is 2.81. The number of nitrogens with one attached hydrogen (secondary N) is 1. The van der Waals surface area contributed by atoms with Gasteiger partial charge in [0.05, 0.1) is 0 Å². The van der Waals surface area contributed by atoms with Crippen molar-refractivity contribution in [3.05, 3.63) is 29.8 Å². The minimum atomic E-state index is 0.120. The van der Waals surface area contributed by atoms with E-state index < -0.39 is 0 Å². The van der Waals surface area contributed by atoms with Crippen molar-refractivity contribution in [2.45, 2.75) is 32.1 Å². The molecule has 1 aromatic rings. The molecular formula is C19H25N3O2. The van der Waals surface area contributed by atoms with E-state index in [0.29, 0.717) is 11.8 Å². The van der Waals surface area contributed by atoms with Crippen LogP contribution < -0.4 is 10.2 Å². The second-order valence-corrected chi connectivity index (χ2v) is 7.41. The van der Waals surface area contributed by atoms with Crippen molar-refractivity contribution in [1.82, 2.24) is 10.2 Å². The Kier molecular flexibility index (Phi) is 4.04. The monoisotopic (exact) mass is 327 g/mol. The van der Waals surface area contributed by atoms with Gasteiger partial charge in [-0.1, -0.05) is 0 Å². The summed E-state index contributed by atoms with van der Waals surface area (Å²) in [6, 6.07) is 7.54. The number of hydrogen-bond donors (Lipinski definition) is 1. The highest BCUT2D eigenvalue weighted by molar-refractivity contribution is 5.97. The van der Waals surface area contributed by atoms with Crippen molar-refractivity contribution in [3.63, 3.8) is 0 Å². The van der Waals surface area contributed by atoms with Crippen LogP contribution in [0.2, 0.25) is 0 Å². The fourth-order valence-electron chi connectivity index (χ4n) is 4.29. The van der Waals surface area contributed by atoms with Gasteiger partial charge in [0.2, 0.25) is 5.91 Å². The molecule has 4 rings (SSSR count). The molecule has 3 fully saturated rings. The molecule has 0 bridgehead atoms. The molecule has 0 aliphatic carbocycles. The number of piperidine rings is 1. The first kappa shape index (κ1) is 15.6. The Hall–Kier alpha value is -1.88. The first-order valence-corrected chi connectivity index (χ1v) is 9.07. The lowest BCUT2D eigenvalue weighted by atomic mass is 9.78. The normalized spacial score (nSPS) is 23.2. The van der Waals surface area contributed by atoms with Gasteiger partial charge < -0.3 is 15.1 Å². The third-order valence-electron chi connectivity index (χ3n) is 5.94. The number of nitrogens with zero attached hydrogens (tertiary/aromatic N) is 2. The zero-order valence-corrected chi connectivity index (χ0v) is 14.1. The van der Waals surface area contributed by atoms with Gasteiger partial charge in [0.25, 0.3) is 5.91 Å². The van der Waals surface area contributed by atoms with Crippen LogP contribution in [0.4, 0.5) is 5.69 Å².